The molecular formula is C13H13BFNO5. The summed E-state index contributed by atoms with van der Waals surface area (Å²) in [6.45, 7) is -0.118. The van der Waals surface area contributed by atoms with Gasteiger partial charge in [-0.1, -0.05) is 0 Å². The first-order valence-corrected chi connectivity index (χ1v) is 6.30. The standard InChI is InChI=1S/C13H13BFNO5/c1-16-7-12(18)20-14(21-13(19)8-16)6-11(17)9-2-4-10(15)5-3-9/h2-5H,6-8H2,1H3. The zero-order chi connectivity index (χ0) is 15.4. The normalized spacial score (nSPS) is 16.8. The molecule has 2 rings (SSSR count). The lowest BCUT2D eigenvalue weighted by Crippen LogP contribution is -2.43. The molecule has 1 heterocycles. The molecule has 1 saturated heterocycles. The molecular weight excluding hydrogens is 280 g/mol. The Hall–Kier alpha value is -2.22. The highest BCUT2D eigenvalue weighted by atomic mass is 19.1. The molecule has 0 spiro atoms. The Kier molecular flexibility index (Phi) is 4.69. The Morgan fingerprint density at radius 2 is 1.71 bits per heavy atom. The molecule has 0 aromatic heterocycles. The summed E-state index contributed by atoms with van der Waals surface area (Å²) in [4.78, 5) is 36.5. The number of carbonyl (C=O) groups is 3. The summed E-state index contributed by atoms with van der Waals surface area (Å²) < 4.78 is 22.7. The van der Waals surface area contributed by atoms with Gasteiger partial charge in [-0.3, -0.25) is 19.3 Å². The Morgan fingerprint density at radius 3 is 2.24 bits per heavy atom. The SMILES string of the molecule is CN1CC(=O)OB(CC(=O)c2ccc(F)cc2)OC(=O)C1. The maximum Gasteiger partial charge on any atom is 0.606 e. The van der Waals surface area contributed by atoms with Crippen LogP contribution in [0, 0.1) is 5.82 Å². The summed E-state index contributed by atoms with van der Waals surface area (Å²) in [7, 11) is 0.322. The minimum Gasteiger partial charge on any atom is -0.498 e. The maximum absolute atomic E-state index is 12.8. The Labute approximate surface area is 121 Å². The highest BCUT2D eigenvalue weighted by Gasteiger charge is 2.34. The van der Waals surface area contributed by atoms with Gasteiger partial charge in [0.15, 0.2) is 5.78 Å². The van der Waals surface area contributed by atoms with Crippen LogP contribution in [-0.4, -0.2) is 49.9 Å². The predicted molar refractivity (Wildman–Crippen MR) is 71.0 cm³/mol. The van der Waals surface area contributed by atoms with E-state index in [1.165, 1.54) is 17.0 Å². The van der Waals surface area contributed by atoms with Crippen molar-refractivity contribution < 1.29 is 28.1 Å². The highest BCUT2D eigenvalue weighted by molar-refractivity contribution is 6.54. The monoisotopic (exact) mass is 293 g/mol. The van der Waals surface area contributed by atoms with Gasteiger partial charge in [-0.2, -0.15) is 0 Å². The van der Waals surface area contributed by atoms with Gasteiger partial charge in [-0.25, -0.2) is 4.39 Å². The first-order chi connectivity index (χ1) is 9.94. The molecule has 0 unspecified atom stereocenters. The first kappa shape index (κ1) is 15.2. The zero-order valence-electron chi connectivity index (χ0n) is 11.4. The van der Waals surface area contributed by atoms with Crippen LogP contribution >= 0.6 is 0 Å². The van der Waals surface area contributed by atoms with E-state index in [1.54, 1.807) is 7.05 Å². The van der Waals surface area contributed by atoms with Gasteiger partial charge in [0, 0.05) is 5.56 Å². The number of rotatable bonds is 3. The van der Waals surface area contributed by atoms with Crippen LogP contribution in [0.5, 0.6) is 0 Å². The van der Waals surface area contributed by atoms with Crippen LogP contribution in [0.1, 0.15) is 10.4 Å². The second-order valence-electron chi connectivity index (χ2n) is 4.72. The molecule has 8 heteroatoms. The van der Waals surface area contributed by atoms with Crippen molar-refractivity contribution in [1.29, 1.82) is 0 Å². The number of carbonyl (C=O) groups excluding carboxylic acids is 3. The second kappa shape index (κ2) is 6.49. The van der Waals surface area contributed by atoms with Crippen LogP contribution in [0.2, 0.25) is 6.32 Å². The van der Waals surface area contributed by atoms with Gasteiger partial charge in [0.05, 0.1) is 19.4 Å². The lowest BCUT2D eigenvalue weighted by atomic mass is 9.80. The van der Waals surface area contributed by atoms with E-state index in [4.69, 9.17) is 9.31 Å². The van der Waals surface area contributed by atoms with Crippen molar-refractivity contribution in [1.82, 2.24) is 4.90 Å². The molecule has 110 valence electrons. The van der Waals surface area contributed by atoms with Gasteiger partial charge in [0.25, 0.3) is 0 Å². The lowest BCUT2D eigenvalue weighted by molar-refractivity contribution is -0.145. The molecule has 0 saturated carbocycles. The molecule has 0 aliphatic carbocycles. The Morgan fingerprint density at radius 1 is 1.19 bits per heavy atom. The third kappa shape index (κ3) is 4.39. The Balaban J connectivity index is 2.03. The third-order valence-corrected chi connectivity index (χ3v) is 2.84. The summed E-state index contributed by atoms with van der Waals surface area (Å²) in [6, 6.07) is 4.94. The number of benzene rings is 1. The molecule has 0 bridgehead atoms. The van der Waals surface area contributed by atoms with Crippen molar-refractivity contribution in [2.24, 2.45) is 0 Å². The number of likely N-dealkylation sites (N-methyl/N-ethyl adjacent to an activating group) is 1. The van der Waals surface area contributed by atoms with Crippen molar-refractivity contribution >= 4 is 24.8 Å². The first-order valence-electron chi connectivity index (χ1n) is 6.30. The summed E-state index contributed by atoms with van der Waals surface area (Å²) in [6.07, 6.45) is -0.299. The third-order valence-electron chi connectivity index (χ3n) is 2.84. The minimum absolute atomic E-state index is 0.0592. The molecule has 1 aromatic rings. The molecule has 1 fully saturated rings. The summed E-state index contributed by atoms with van der Waals surface area (Å²) in [5, 5.41) is 0. The van der Waals surface area contributed by atoms with E-state index in [9.17, 15) is 18.8 Å². The average Bonchev–Trinajstić information content (AvgIpc) is 2.36. The van der Waals surface area contributed by atoms with Crippen LogP contribution in [0.25, 0.3) is 0 Å². The van der Waals surface area contributed by atoms with Gasteiger partial charge >= 0.3 is 19.1 Å². The number of halogens is 1. The molecule has 0 radical (unpaired) electrons. The second-order valence-corrected chi connectivity index (χ2v) is 4.72. The summed E-state index contributed by atoms with van der Waals surface area (Å²) in [5.41, 5.74) is 0.252. The molecule has 21 heavy (non-hydrogen) atoms. The van der Waals surface area contributed by atoms with Crippen molar-refractivity contribution in [3.63, 3.8) is 0 Å². The summed E-state index contributed by atoms with van der Waals surface area (Å²) in [5.74, 6) is -2.03. The fourth-order valence-electron chi connectivity index (χ4n) is 1.88. The predicted octanol–water partition coefficient (Wildman–Crippen LogP) is 0.528. The van der Waals surface area contributed by atoms with Crippen molar-refractivity contribution in [2.45, 2.75) is 6.32 Å². The van der Waals surface area contributed by atoms with Gasteiger partial charge in [-0.15, -0.1) is 0 Å². The number of Topliss-reactive ketones (excluding diaryl/α,β-unsaturated/α-hetero) is 1. The molecule has 1 aliphatic heterocycles. The smallest absolute Gasteiger partial charge is 0.498 e. The molecule has 0 atom stereocenters. The van der Waals surface area contributed by atoms with Gasteiger partial charge < -0.3 is 9.31 Å². The topological polar surface area (TPSA) is 72.9 Å². The Bertz CT molecular complexity index is 542. The van der Waals surface area contributed by atoms with E-state index in [0.717, 1.165) is 12.1 Å². The van der Waals surface area contributed by atoms with E-state index in [-0.39, 0.29) is 25.0 Å². The van der Waals surface area contributed by atoms with E-state index in [2.05, 4.69) is 0 Å². The number of hydrogen-bond donors (Lipinski definition) is 0. The molecule has 1 aromatic carbocycles. The van der Waals surface area contributed by atoms with Crippen molar-refractivity contribution in [3.8, 4) is 0 Å². The number of ketones is 1. The van der Waals surface area contributed by atoms with Crippen molar-refractivity contribution in [2.75, 3.05) is 20.1 Å². The van der Waals surface area contributed by atoms with Crippen LogP contribution in [-0.2, 0) is 18.9 Å². The number of hydrogen-bond acceptors (Lipinski definition) is 6. The van der Waals surface area contributed by atoms with Crippen molar-refractivity contribution in [3.05, 3.63) is 35.6 Å². The maximum atomic E-state index is 12.8. The van der Waals surface area contributed by atoms with Gasteiger partial charge in [-0.05, 0) is 31.3 Å². The minimum atomic E-state index is -1.25. The average molecular weight is 293 g/mol. The van der Waals surface area contributed by atoms with Gasteiger partial charge in [0.1, 0.15) is 5.82 Å². The number of nitrogens with zero attached hydrogens (tertiary/aromatic N) is 1. The quantitative estimate of drug-likeness (QED) is 0.598. The van der Waals surface area contributed by atoms with Crippen LogP contribution in [0.15, 0.2) is 24.3 Å². The van der Waals surface area contributed by atoms with E-state index in [0.29, 0.717) is 0 Å². The van der Waals surface area contributed by atoms with Crippen LogP contribution < -0.4 is 0 Å². The lowest BCUT2D eigenvalue weighted by Gasteiger charge is -2.22. The largest absolute Gasteiger partial charge is 0.606 e. The van der Waals surface area contributed by atoms with Crippen LogP contribution in [0.3, 0.4) is 0 Å². The fourth-order valence-corrected chi connectivity index (χ4v) is 1.88. The van der Waals surface area contributed by atoms with E-state index in [1.807, 2.05) is 0 Å². The molecule has 0 amide bonds. The molecule has 1 aliphatic rings. The van der Waals surface area contributed by atoms with E-state index >= 15 is 0 Å². The van der Waals surface area contributed by atoms with E-state index < -0.39 is 30.7 Å². The fraction of sp³-hybridized carbons (Fsp3) is 0.308. The summed E-state index contributed by atoms with van der Waals surface area (Å²) >= 11 is 0. The zero-order valence-corrected chi connectivity index (χ0v) is 11.4. The highest BCUT2D eigenvalue weighted by Crippen LogP contribution is 2.11. The molecule has 0 N–H and O–H groups in total. The van der Waals surface area contributed by atoms with Crippen LogP contribution in [0.4, 0.5) is 4.39 Å². The molecule has 6 nitrogen and oxygen atoms in total. The van der Waals surface area contributed by atoms with Gasteiger partial charge in [0.2, 0.25) is 0 Å².